The van der Waals surface area contributed by atoms with Gasteiger partial charge in [-0.3, -0.25) is 0 Å². The van der Waals surface area contributed by atoms with Gasteiger partial charge in [0.05, 0.1) is 6.61 Å². The molecule has 0 aromatic heterocycles. The molecule has 2 aromatic rings. The smallest absolute Gasteiger partial charge is 0.119 e. The lowest BCUT2D eigenvalue weighted by Gasteiger charge is -2.17. The molecule has 0 saturated carbocycles. The van der Waals surface area contributed by atoms with Gasteiger partial charge in [-0.15, -0.1) is 0 Å². The van der Waals surface area contributed by atoms with Crippen molar-refractivity contribution in [3.8, 4) is 16.9 Å². The number of rotatable bonds is 6. The Morgan fingerprint density at radius 2 is 1.36 bits per heavy atom. The summed E-state index contributed by atoms with van der Waals surface area (Å²) in [5.74, 6) is 0.960. The van der Waals surface area contributed by atoms with E-state index in [1.54, 1.807) is 0 Å². The fraction of sp³-hybridized carbons (Fsp3) is 0.400. The Kier molecular flexibility index (Phi) is 5.62. The highest BCUT2D eigenvalue weighted by atomic mass is 16.5. The van der Waals surface area contributed by atoms with Crippen molar-refractivity contribution in [2.75, 3.05) is 13.2 Å². The van der Waals surface area contributed by atoms with E-state index >= 15 is 0 Å². The summed E-state index contributed by atoms with van der Waals surface area (Å²) in [6.45, 7) is 10.2. The minimum absolute atomic E-state index is 0.729. The zero-order valence-corrected chi connectivity index (χ0v) is 14.2. The van der Waals surface area contributed by atoms with Crippen LogP contribution in [0, 0.1) is 27.7 Å². The van der Waals surface area contributed by atoms with Crippen molar-refractivity contribution < 1.29 is 4.74 Å². The van der Waals surface area contributed by atoms with Crippen LogP contribution in [0.4, 0.5) is 0 Å². The highest BCUT2D eigenvalue weighted by Crippen LogP contribution is 2.35. The standard InChI is InChI=1S/C20H27NO/c1-14-8-7-9-15(2)19(14)20-16(3)12-18(13-17(20)4)22-11-6-5-10-21/h7-9,12-13H,5-6,10-11,21H2,1-4H3. The van der Waals surface area contributed by atoms with Crippen LogP contribution < -0.4 is 10.5 Å². The number of hydrogen-bond acceptors (Lipinski definition) is 2. The molecule has 2 aromatic carbocycles. The molecule has 0 saturated heterocycles. The van der Waals surface area contributed by atoms with Crippen LogP contribution in [0.3, 0.4) is 0 Å². The Balaban J connectivity index is 2.31. The van der Waals surface area contributed by atoms with Crippen molar-refractivity contribution in [1.82, 2.24) is 0 Å². The van der Waals surface area contributed by atoms with Gasteiger partial charge in [-0.2, -0.15) is 0 Å². The summed E-state index contributed by atoms with van der Waals surface area (Å²) >= 11 is 0. The van der Waals surface area contributed by atoms with Crippen molar-refractivity contribution in [3.63, 3.8) is 0 Å². The number of hydrogen-bond donors (Lipinski definition) is 1. The highest BCUT2D eigenvalue weighted by Gasteiger charge is 2.12. The Morgan fingerprint density at radius 1 is 0.818 bits per heavy atom. The van der Waals surface area contributed by atoms with E-state index in [9.17, 15) is 0 Å². The Bertz CT molecular complexity index is 603. The maximum Gasteiger partial charge on any atom is 0.119 e. The molecule has 2 N–H and O–H groups in total. The topological polar surface area (TPSA) is 35.2 Å². The molecule has 0 amide bonds. The van der Waals surface area contributed by atoms with E-state index in [1.807, 2.05) is 0 Å². The van der Waals surface area contributed by atoms with Gasteiger partial charge in [0.15, 0.2) is 0 Å². The molecule has 0 atom stereocenters. The number of aryl methyl sites for hydroxylation is 4. The zero-order chi connectivity index (χ0) is 16.1. The average Bonchev–Trinajstić information content (AvgIpc) is 2.46. The quantitative estimate of drug-likeness (QED) is 0.784. The van der Waals surface area contributed by atoms with Gasteiger partial charge in [0.25, 0.3) is 0 Å². The van der Waals surface area contributed by atoms with Crippen molar-refractivity contribution in [3.05, 3.63) is 52.6 Å². The summed E-state index contributed by atoms with van der Waals surface area (Å²) in [6.07, 6.45) is 2.02. The second kappa shape index (κ2) is 7.46. The van der Waals surface area contributed by atoms with E-state index < -0.39 is 0 Å². The summed E-state index contributed by atoms with van der Waals surface area (Å²) in [6, 6.07) is 10.8. The van der Waals surface area contributed by atoms with Crippen molar-refractivity contribution in [1.29, 1.82) is 0 Å². The number of ether oxygens (including phenoxy) is 1. The lowest BCUT2D eigenvalue weighted by molar-refractivity contribution is 0.307. The molecule has 2 rings (SSSR count). The van der Waals surface area contributed by atoms with Gasteiger partial charge in [0, 0.05) is 0 Å². The molecule has 0 unspecified atom stereocenters. The zero-order valence-electron chi connectivity index (χ0n) is 14.2. The predicted octanol–water partition coefficient (Wildman–Crippen LogP) is 4.70. The first kappa shape index (κ1) is 16.6. The van der Waals surface area contributed by atoms with Gasteiger partial charge in [-0.05, 0) is 92.6 Å². The molecule has 0 fully saturated rings. The average molecular weight is 297 g/mol. The number of nitrogens with two attached hydrogens (primary N) is 1. The van der Waals surface area contributed by atoms with Crippen molar-refractivity contribution in [2.24, 2.45) is 5.73 Å². The first-order chi connectivity index (χ1) is 10.5. The van der Waals surface area contributed by atoms with Crippen LogP contribution in [0.1, 0.15) is 35.1 Å². The first-order valence-corrected chi connectivity index (χ1v) is 8.05. The van der Waals surface area contributed by atoms with Crippen LogP contribution in [-0.4, -0.2) is 13.2 Å². The summed E-state index contributed by atoms with van der Waals surface area (Å²) in [7, 11) is 0. The summed E-state index contributed by atoms with van der Waals surface area (Å²) < 4.78 is 5.87. The van der Waals surface area contributed by atoms with E-state index in [-0.39, 0.29) is 0 Å². The third-order valence-electron chi connectivity index (χ3n) is 4.10. The van der Waals surface area contributed by atoms with Gasteiger partial charge in [0.2, 0.25) is 0 Å². The molecule has 118 valence electrons. The molecule has 0 aliphatic rings. The lowest BCUT2D eigenvalue weighted by atomic mass is 9.89. The summed E-state index contributed by atoms with van der Waals surface area (Å²) in [5.41, 5.74) is 13.4. The predicted molar refractivity (Wildman–Crippen MR) is 94.6 cm³/mol. The second-order valence-electron chi connectivity index (χ2n) is 6.04. The molecule has 2 nitrogen and oxygen atoms in total. The highest BCUT2D eigenvalue weighted by molar-refractivity contribution is 5.77. The van der Waals surface area contributed by atoms with E-state index in [4.69, 9.17) is 10.5 Å². The third-order valence-corrected chi connectivity index (χ3v) is 4.10. The Labute approximate surface area is 134 Å². The summed E-state index contributed by atoms with van der Waals surface area (Å²) in [4.78, 5) is 0. The van der Waals surface area contributed by atoms with Gasteiger partial charge in [0.1, 0.15) is 5.75 Å². The van der Waals surface area contributed by atoms with E-state index in [2.05, 4.69) is 58.0 Å². The number of unbranched alkanes of at least 4 members (excludes halogenated alkanes) is 1. The van der Waals surface area contributed by atoms with E-state index in [0.717, 1.165) is 31.7 Å². The molecular formula is C20H27NO. The molecule has 0 spiro atoms. The fourth-order valence-corrected chi connectivity index (χ4v) is 3.05. The Morgan fingerprint density at radius 3 is 1.91 bits per heavy atom. The van der Waals surface area contributed by atoms with Crippen molar-refractivity contribution in [2.45, 2.75) is 40.5 Å². The van der Waals surface area contributed by atoms with Crippen molar-refractivity contribution >= 4 is 0 Å². The molecule has 0 radical (unpaired) electrons. The largest absolute Gasteiger partial charge is 0.494 e. The SMILES string of the molecule is Cc1cccc(C)c1-c1c(C)cc(OCCCCN)cc1C. The van der Waals surface area contributed by atoms with Gasteiger partial charge < -0.3 is 10.5 Å². The van der Waals surface area contributed by atoms with Gasteiger partial charge in [-0.25, -0.2) is 0 Å². The molecule has 22 heavy (non-hydrogen) atoms. The van der Waals surface area contributed by atoms with Gasteiger partial charge in [-0.1, -0.05) is 18.2 Å². The minimum atomic E-state index is 0.729. The lowest BCUT2D eigenvalue weighted by Crippen LogP contribution is -2.04. The fourth-order valence-electron chi connectivity index (χ4n) is 3.05. The van der Waals surface area contributed by atoms with Crippen LogP contribution in [0.5, 0.6) is 5.75 Å². The maximum absolute atomic E-state index is 5.87. The Hall–Kier alpha value is -1.80. The monoisotopic (exact) mass is 297 g/mol. The molecular weight excluding hydrogens is 270 g/mol. The van der Waals surface area contributed by atoms with E-state index in [1.165, 1.54) is 33.4 Å². The van der Waals surface area contributed by atoms with Crippen LogP contribution in [0.2, 0.25) is 0 Å². The number of benzene rings is 2. The molecule has 2 heteroatoms. The summed E-state index contributed by atoms with van der Waals surface area (Å²) in [5, 5.41) is 0. The molecule has 0 aliphatic heterocycles. The van der Waals surface area contributed by atoms with Gasteiger partial charge >= 0.3 is 0 Å². The molecule has 0 aliphatic carbocycles. The van der Waals surface area contributed by atoms with E-state index in [0.29, 0.717) is 0 Å². The maximum atomic E-state index is 5.87. The van der Waals surface area contributed by atoms with Crippen LogP contribution >= 0.6 is 0 Å². The molecule has 0 heterocycles. The van der Waals surface area contributed by atoms with Crippen LogP contribution in [0.25, 0.3) is 11.1 Å². The first-order valence-electron chi connectivity index (χ1n) is 8.05. The molecule has 0 bridgehead atoms. The minimum Gasteiger partial charge on any atom is -0.494 e. The van der Waals surface area contributed by atoms with Crippen LogP contribution in [-0.2, 0) is 0 Å². The normalized spacial score (nSPS) is 10.8. The van der Waals surface area contributed by atoms with Crippen LogP contribution in [0.15, 0.2) is 30.3 Å². The second-order valence-corrected chi connectivity index (χ2v) is 6.04. The third kappa shape index (κ3) is 3.69.